The summed E-state index contributed by atoms with van der Waals surface area (Å²) in [6.45, 7) is 0. The zero-order valence-corrected chi connectivity index (χ0v) is 10.8. The average Bonchev–Trinajstić information content (AvgIpc) is 2.71. The van der Waals surface area contributed by atoms with Crippen LogP contribution >= 0.6 is 23.2 Å². The SMILES string of the molecule is O=C(O)c1nn(-c2cc(Cl)cc(Cl)c2)nc1C(F)(F)F. The molecule has 1 aromatic heterocycles. The molecule has 1 heterocycles. The maximum absolute atomic E-state index is 12.7. The normalized spacial score (nSPS) is 11.7. The Balaban J connectivity index is 2.62. The topological polar surface area (TPSA) is 68.0 Å². The summed E-state index contributed by atoms with van der Waals surface area (Å²) in [6.07, 6.45) is -4.94. The quantitative estimate of drug-likeness (QED) is 0.919. The van der Waals surface area contributed by atoms with Crippen molar-refractivity contribution in [2.75, 3.05) is 0 Å². The number of benzene rings is 1. The van der Waals surface area contributed by atoms with Crippen LogP contribution in [0.1, 0.15) is 16.2 Å². The molecule has 0 aliphatic carbocycles. The molecule has 106 valence electrons. The van der Waals surface area contributed by atoms with Crippen LogP contribution in [0.3, 0.4) is 0 Å². The predicted molar refractivity (Wildman–Crippen MR) is 63.3 cm³/mol. The van der Waals surface area contributed by atoms with Gasteiger partial charge in [0.15, 0.2) is 0 Å². The van der Waals surface area contributed by atoms with E-state index in [1.165, 1.54) is 18.2 Å². The lowest BCUT2D eigenvalue weighted by Crippen LogP contribution is -2.12. The van der Waals surface area contributed by atoms with Crippen LogP contribution in [-0.4, -0.2) is 26.1 Å². The van der Waals surface area contributed by atoms with E-state index in [0.717, 1.165) is 0 Å². The number of carbonyl (C=O) groups is 1. The summed E-state index contributed by atoms with van der Waals surface area (Å²) >= 11 is 11.4. The van der Waals surface area contributed by atoms with E-state index >= 15 is 0 Å². The molecule has 0 atom stereocenters. The Morgan fingerprint density at radius 2 is 1.70 bits per heavy atom. The lowest BCUT2D eigenvalue weighted by molar-refractivity contribution is -0.141. The summed E-state index contributed by atoms with van der Waals surface area (Å²) in [6, 6.07) is 3.86. The van der Waals surface area contributed by atoms with Gasteiger partial charge < -0.3 is 5.11 Å². The molecule has 2 rings (SSSR count). The Bertz CT molecular complexity index is 665. The highest BCUT2D eigenvalue weighted by Crippen LogP contribution is 2.30. The molecule has 10 heteroatoms. The van der Waals surface area contributed by atoms with Gasteiger partial charge in [-0.1, -0.05) is 23.2 Å². The van der Waals surface area contributed by atoms with E-state index in [2.05, 4.69) is 10.2 Å². The van der Waals surface area contributed by atoms with Gasteiger partial charge in [0.1, 0.15) is 0 Å². The number of hydrogen-bond acceptors (Lipinski definition) is 3. The summed E-state index contributed by atoms with van der Waals surface area (Å²) in [7, 11) is 0. The Morgan fingerprint density at radius 3 is 2.10 bits per heavy atom. The Kier molecular flexibility index (Phi) is 3.61. The monoisotopic (exact) mass is 325 g/mol. The first-order chi connectivity index (χ1) is 9.18. The number of hydrogen-bond donors (Lipinski definition) is 1. The number of nitrogens with zero attached hydrogens (tertiary/aromatic N) is 3. The minimum absolute atomic E-state index is 0.0144. The number of aromatic nitrogens is 3. The summed E-state index contributed by atoms with van der Waals surface area (Å²) in [5, 5.41) is 15.5. The van der Waals surface area contributed by atoms with Gasteiger partial charge in [0.05, 0.1) is 5.69 Å². The van der Waals surface area contributed by atoms with E-state index in [0.29, 0.717) is 4.80 Å². The third-order valence-electron chi connectivity index (χ3n) is 2.16. The van der Waals surface area contributed by atoms with Crippen LogP contribution in [0.15, 0.2) is 18.2 Å². The van der Waals surface area contributed by atoms with Crippen molar-refractivity contribution in [2.24, 2.45) is 0 Å². The molecule has 0 spiro atoms. The Labute approximate surface area is 119 Å². The molecule has 20 heavy (non-hydrogen) atoms. The van der Waals surface area contributed by atoms with Gasteiger partial charge in [0.25, 0.3) is 0 Å². The fourth-order valence-electron chi connectivity index (χ4n) is 1.41. The largest absolute Gasteiger partial charge is 0.476 e. The fraction of sp³-hybridized carbons (Fsp3) is 0.100. The standard InChI is InChI=1S/C10H4Cl2F3N3O2/c11-4-1-5(12)3-6(2-4)18-16-7(9(19)20)8(17-18)10(13,14)15/h1-3H,(H,19,20). The van der Waals surface area contributed by atoms with Crippen molar-refractivity contribution >= 4 is 29.2 Å². The van der Waals surface area contributed by atoms with Crippen LogP contribution in [0, 0.1) is 0 Å². The summed E-state index contributed by atoms with van der Waals surface area (Å²) in [5.74, 6) is -1.84. The molecule has 0 saturated carbocycles. The number of halogens is 5. The number of carboxylic acids is 1. The van der Waals surface area contributed by atoms with E-state index in [4.69, 9.17) is 28.3 Å². The van der Waals surface area contributed by atoms with Gasteiger partial charge >= 0.3 is 12.1 Å². The van der Waals surface area contributed by atoms with Gasteiger partial charge in [-0.15, -0.1) is 10.2 Å². The van der Waals surface area contributed by atoms with Crippen LogP contribution in [0.25, 0.3) is 5.69 Å². The molecule has 0 fully saturated rings. The van der Waals surface area contributed by atoms with Crippen molar-refractivity contribution in [1.82, 2.24) is 15.0 Å². The predicted octanol–water partition coefficient (Wildman–Crippen LogP) is 3.29. The van der Waals surface area contributed by atoms with Gasteiger partial charge in [-0.2, -0.15) is 18.0 Å². The van der Waals surface area contributed by atoms with E-state index in [1.54, 1.807) is 0 Å². The van der Waals surface area contributed by atoms with E-state index in [9.17, 15) is 18.0 Å². The first-order valence-electron chi connectivity index (χ1n) is 4.93. The molecular formula is C10H4Cl2F3N3O2. The Hall–Kier alpha value is -1.80. The van der Waals surface area contributed by atoms with Gasteiger partial charge in [-0.3, -0.25) is 0 Å². The van der Waals surface area contributed by atoms with Crippen LogP contribution in [0.4, 0.5) is 13.2 Å². The first-order valence-corrected chi connectivity index (χ1v) is 5.68. The van der Waals surface area contributed by atoms with Crippen molar-refractivity contribution < 1.29 is 23.1 Å². The summed E-state index contributed by atoms with van der Waals surface area (Å²) < 4.78 is 38.0. The zero-order valence-electron chi connectivity index (χ0n) is 9.32. The first kappa shape index (κ1) is 14.6. The van der Waals surface area contributed by atoms with Crippen molar-refractivity contribution in [2.45, 2.75) is 6.18 Å². The summed E-state index contributed by atoms with van der Waals surface area (Å²) in [4.78, 5) is 11.3. The second kappa shape index (κ2) is 4.95. The third kappa shape index (κ3) is 2.86. The van der Waals surface area contributed by atoms with Gasteiger partial charge in [0, 0.05) is 10.0 Å². The molecular weight excluding hydrogens is 322 g/mol. The molecule has 0 amide bonds. The highest BCUT2D eigenvalue weighted by Gasteiger charge is 2.40. The molecule has 0 saturated heterocycles. The molecule has 1 aromatic carbocycles. The van der Waals surface area contributed by atoms with Gasteiger partial charge in [-0.05, 0) is 18.2 Å². The fourth-order valence-corrected chi connectivity index (χ4v) is 1.93. The molecule has 0 aliphatic rings. The van der Waals surface area contributed by atoms with Crippen LogP contribution in [0.2, 0.25) is 10.0 Å². The smallest absolute Gasteiger partial charge is 0.437 e. The van der Waals surface area contributed by atoms with E-state index in [-0.39, 0.29) is 15.7 Å². The number of aromatic carboxylic acids is 1. The van der Waals surface area contributed by atoms with E-state index in [1.807, 2.05) is 0 Å². The van der Waals surface area contributed by atoms with Crippen molar-refractivity contribution in [3.63, 3.8) is 0 Å². The maximum atomic E-state index is 12.7. The van der Waals surface area contributed by atoms with Crippen LogP contribution in [-0.2, 0) is 6.18 Å². The average molecular weight is 326 g/mol. The van der Waals surface area contributed by atoms with Crippen LogP contribution < -0.4 is 0 Å². The molecule has 1 N–H and O–H groups in total. The highest BCUT2D eigenvalue weighted by molar-refractivity contribution is 6.34. The number of carboxylic acid groups (broad SMARTS) is 1. The molecule has 2 aromatic rings. The zero-order chi connectivity index (χ0) is 15.1. The maximum Gasteiger partial charge on any atom is 0.437 e. The van der Waals surface area contributed by atoms with Crippen LogP contribution in [0.5, 0.6) is 0 Å². The highest BCUT2D eigenvalue weighted by atomic mass is 35.5. The number of rotatable bonds is 2. The minimum atomic E-state index is -4.94. The summed E-state index contributed by atoms with van der Waals surface area (Å²) in [5.41, 5.74) is -2.78. The van der Waals surface area contributed by atoms with Gasteiger partial charge in [-0.25, -0.2) is 4.79 Å². The lowest BCUT2D eigenvalue weighted by Gasteiger charge is -2.02. The number of alkyl halides is 3. The van der Waals surface area contributed by atoms with Gasteiger partial charge in [0.2, 0.25) is 11.4 Å². The molecule has 0 aliphatic heterocycles. The molecule has 5 nitrogen and oxygen atoms in total. The van der Waals surface area contributed by atoms with Crippen molar-refractivity contribution in [3.8, 4) is 5.69 Å². The Morgan fingerprint density at radius 1 is 1.15 bits per heavy atom. The second-order valence-corrected chi connectivity index (χ2v) is 4.49. The molecule has 0 unspecified atom stereocenters. The third-order valence-corrected chi connectivity index (χ3v) is 2.60. The second-order valence-electron chi connectivity index (χ2n) is 3.62. The van der Waals surface area contributed by atoms with Crippen molar-refractivity contribution in [1.29, 1.82) is 0 Å². The van der Waals surface area contributed by atoms with E-state index < -0.39 is 23.5 Å². The minimum Gasteiger partial charge on any atom is -0.476 e. The molecule has 0 bridgehead atoms. The molecule has 0 radical (unpaired) electrons. The lowest BCUT2D eigenvalue weighted by atomic mass is 10.3. The van der Waals surface area contributed by atoms with Crippen molar-refractivity contribution in [3.05, 3.63) is 39.6 Å².